The number of benzene rings is 2. The summed E-state index contributed by atoms with van der Waals surface area (Å²) in [5.74, 6) is -0.553. The Labute approximate surface area is 119 Å². The summed E-state index contributed by atoms with van der Waals surface area (Å²) in [6.45, 7) is 0. The highest BCUT2D eigenvalue weighted by atomic mass is 79.9. The zero-order valence-electron chi connectivity index (χ0n) is 10.5. The normalized spacial score (nSPS) is 12.4. The van der Waals surface area contributed by atoms with Crippen molar-refractivity contribution in [2.75, 3.05) is 7.05 Å². The molecule has 0 amide bonds. The Bertz CT molecular complexity index is 572. The minimum atomic E-state index is -0.294. The molecule has 2 aromatic carbocycles. The summed E-state index contributed by atoms with van der Waals surface area (Å²) < 4.78 is 27.2. The number of likely N-dealkylation sites (N-methyl/N-ethyl adjacent to an activating group) is 1. The van der Waals surface area contributed by atoms with Gasteiger partial charge >= 0.3 is 0 Å². The largest absolute Gasteiger partial charge is 0.313 e. The maximum atomic E-state index is 13.5. The van der Waals surface area contributed by atoms with Crippen LogP contribution in [-0.2, 0) is 6.42 Å². The lowest BCUT2D eigenvalue weighted by atomic mass is 9.99. The van der Waals surface area contributed by atoms with E-state index in [0.29, 0.717) is 10.9 Å². The lowest BCUT2D eigenvalue weighted by Crippen LogP contribution is -2.19. The van der Waals surface area contributed by atoms with Crippen molar-refractivity contribution < 1.29 is 8.78 Å². The quantitative estimate of drug-likeness (QED) is 0.887. The molecule has 2 rings (SSSR count). The highest BCUT2D eigenvalue weighted by molar-refractivity contribution is 9.10. The van der Waals surface area contributed by atoms with Gasteiger partial charge in [0.15, 0.2) is 0 Å². The molecule has 0 aromatic heterocycles. The summed E-state index contributed by atoms with van der Waals surface area (Å²) in [4.78, 5) is 0. The summed E-state index contributed by atoms with van der Waals surface area (Å²) in [5.41, 5.74) is 1.70. The first kappa shape index (κ1) is 14.2. The molecule has 1 N–H and O–H groups in total. The van der Waals surface area contributed by atoms with E-state index in [1.54, 1.807) is 19.2 Å². The highest BCUT2D eigenvalue weighted by Crippen LogP contribution is 2.28. The van der Waals surface area contributed by atoms with Gasteiger partial charge in [-0.05, 0) is 58.7 Å². The molecule has 0 aliphatic heterocycles. The molecule has 0 spiro atoms. The van der Waals surface area contributed by atoms with Crippen LogP contribution in [0.4, 0.5) is 8.78 Å². The van der Waals surface area contributed by atoms with Crippen LogP contribution in [0.1, 0.15) is 17.2 Å². The van der Waals surface area contributed by atoms with Gasteiger partial charge in [-0.15, -0.1) is 0 Å². The van der Waals surface area contributed by atoms with Gasteiger partial charge in [0.2, 0.25) is 0 Å². The number of hydrogen-bond acceptors (Lipinski definition) is 1. The van der Waals surface area contributed by atoms with Crippen LogP contribution in [0, 0.1) is 11.6 Å². The number of halogens is 3. The Morgan fingerprint density at radius 2 is 1.89 bits per heavy atom. The summed E-state index contributed by atoms with van der Waals surface area (Å²) >= 11 is 3.26. The van der Waals surface area contributed by atoms with Crippen LogP contribution < -0.4 is 5.32 Å². The molecule has 1 unspecified atom stereocenters. The summed E-state index contributed by atoms with van der Waals surface area (Å²) in [6, 6.07) is 11.3. The molecular weight excluding hydrogens is 312 g/mol. The van der Waals surface area contributed by atoms with E-state index in [0.717, 1.165) is 11.1 Å². The van der Waals surface area contributed by atoms with Crippen molar-refractivity contribution in [2.45, 2.75) is 12.5 Å². The molecule has 0 saturated carbocycles. The SMILES string of the molecule is CNC(Cc1cccc(F)c1)c1cccc(F)c1Br. The van der Waals surface area contributed by atoms with Gasteiger partial charge in [0.1, 0.15) is 11.6 Å². The molecule has 0 bridgehead atoms. The van der Waals surface area contributed by atoms with Crippen LogP contribution in [-0.4, -0.2) is 7.05 Å². The average molecular weight is 326 g/mol. The summed E-state index contributed by atoms with van der Waals surface area (Å²) in [7, 11) is 1.81. The second-order valence-electron chi connectivity index (χ2n) is 4.32. The fraction of sp³-hybridized carbons (Fsp3) is 0.200. The third kappa shape index (κ3) is 3.39. The zero-order valence-corrected chi connectivity index (χ0v) is 12.0. The molecule has 100 valence electrons. The second kappa shape index (κ2) is 6.26. The van der Waals surface area contributed by atoms with Crippen molar-refractivity contribution in [1.82, 2.24) is 5.32 Å². The number of nitrogens with one attached hydrogen (secondary N) is 1. The lowest BCUT2D eigenvalue weighted by molar-refractivity contribution is 0.567. The predicted octanol–water partition coefficient (Wildman–Crippen LogP) is 4.23. The van der Waals surface area contributed by atoms with E-state index < -0.39 is 0 Å². The molecule has 2 aromatic rings. The van der Waals surface area contributed by atoms with E-state index in [1.165, 1.54) is 18.2 Å². The molecule has 0 aliphatic rings. The maximum Gasteiger partial charge on any atom is 0.137 e. The molecule has 0 heterocycles. The van der Waals surface area contributed by atoms with Gasteiger partial charge in [0.25, 0.3) is 0 Å². The Morgan fingerprint density at radius 3 is 2.58 bits per heavy atom. The van der Waals surface area contributed by atoms with Gasteiger partial charge in [-0.2, -0.15) is 0 Å². The molecular formula is C15H14BrF2N. The van der Waals surface area contributed by atoms with E-state index in [-0.39, 0.29) is 17.7 Å². The minimum Gasteiger partial charge on any atom is -0.313 e. The van der Waals surface area contributed by atoms with Crippen LogP contribution in [0.3, 0.4) is 0 Å². The standard InChI is InChI=1S/C15H14BrF2N/c1-19-14(9-10-4-2-5-11(17)8-10)12-6-3-7-13(18)15(12)16/h2-8,14,19H,9H2,1H3. The third-order valence-corrected chi connectivity index (χ3v) is 3.87. The lowest BCUT2D eigenvalue weighted by Gasteiger charge is -2.18. The molecule has 0 radical (unpaired) electrons. The van der Waals surface area contributed by atoms with Gasteiger partial charge in [0.05, 0.1) is 4.47 Å². The Morgan fingerprint density at radius 1 is 1.16 bits per heavy atom. The van der Waals surface area contributed by atoms with Gasteiger partial charge < -0.3 is 5.32 Å². The average Bonchev–Trinajstić information content (AvgIpc) is 2.40. The van der Waals surface area contributed by atoms with Crippen LogP contribution in [0.25, 0.3) is 0 Å². The van der Waals surface area contributed by atoms with E-state index in [2.05, 4.69) is 21.2 Å². The maximum absolute atomic E-state index is 13.5. The Kier molecular flexibility index (Phi) is 4.66. The van der Waals surface area contributed by atoms with Gasteiger partial charge in [-0.25, -0.2) is 8.78 Å². The molecule has 4 heteroatoms. The van der Waals surface area contributed by atoms with Crippen molar-refractivity contribution in [2.24, 2.45) is 0 Å². The number of rotatable bonds is 4. The van der Waals surface area contributed by atoms with Gasteiger partial charge in [0, 0.05) is 6.04 Å². The minimum absolute atomic E-state index is 0.0770. The molecule has 19 heavy (non-hydrogen) atoms. The molecule has 0 fully saturated rings. The fourth-order valence-electron chi connectivity index (χ4n) is 2.06. The summed E-state index contributed by atoms with van der Waals surface area (Å²) in [6.07, 6.45) is 0.594. The van der Waals surface area contributed by atoms with Gasteiger partial charge in [-0.3, -0.25) is 0 Å². The molecule has 0 aliphatic carbocycles. The molecule has 1 nitrogen and oxygen atoms in total. The van der Waals surface area contributed by atoms with Crippen LogP contribution in [0.5, 0.6) is 0 Å². The third-order valence-electron chi connectivity index (χ3n) is 3.03. The topological polar surface area (TPSA) is 12.0 Å². The smallest absolute Gasteiger partial charge is 0.137 e. The van der Waals surface area contributed by atoms with E-state index in [1.807, 2.05) is 12.1 Å². The van der Waals surface area contributed by atoms with Crippen LogP contribution in [0.15, 0.2) is 46.9 Å². The first-order valence-corrected chi connectivity index (χ1v) is 6.76. The van der Waals surface area contributed by atoms with Crippen LogP contribution in [0.2, 0.25) is 0 Å². The monoisotopic (exact) mass is 325 g/mol. The predicted molar refractivity (Wildman–Crippen MR) is 76.0 cm³/mol. The second-order valence-corrected chi connectivity index (χ2v) is 5.11. The van der Waals surface area contributed by atoms with Crippen molar-refractivity contribution in [3.63, 3.8) is 0 Å². The first-order chi connectivity index (χ1) is 9.11. The van der Waals surface area contributed by atoms with Crippen molar-refractivity contribution in [3.05, 3.63) is 69.7 Å². The first-order valence-electron chi connectivity index (χ1n) is 5.97. The van der Waals surface area contributed by atoms with E-state index >= 15 is 0 Å². The molecule has 0 saturated heterocycles. The molecule has 1 atom stereocenters. The van der Waals surface area contributed by atoms with Gasteiger partial charge in [-0.1, -0.05) is 24.3 Å². The summed E-state index contributed by atoms with van der Waals surface area (Å²) in [5, 5.41) is 3.14. The zero-order chi connectivity index (χ0) is 13.8. The number of hydrogen-bond donors (Lipinski definition) is 1. The highest BCUT2D eigenvalue weighted by Gasteiger charge is 2.15. The van der Waals surface area contributed by atoms with Crippen molar-refractivity contribution >= 4 is 15.9 Å². The van der Waals surface area contributed by atoms with Crippen molar-refractivity contribution in [3.8, 4) is 0 Å². The Hall–Kier alpha value is -1.26. The fourth-order valence-corrected chi connectivity index (χ4v) is 2.60. The van der Waals surface area contributed by atoms with Crippen LogP contribution >= 0.6 is 15.9 Å². The van der Waals surface area contributed by atoms with E-state index in [9.17, 15) is 8.78 Å². The van der Waals surface area contributed by atoms with E-state index in [4.69, 9.17) is 0 Å². The Balaban J connectivity index is 2.28. The van der Waals surface area contributed by atoms with Crippen molar-refractivity contribution in [1.29, 1.82) is 0 Å².